The van der Waals surface area contributed by atoms with E-state index in [-0.39, 0.29) is 0 Å². The highest BCUT2D eigenvalue weighted by molar-refractivity contribution is 6.27. The van der Waals surface area contributed by atoms with Gasteiger partial charge in [0.2, 0.25) is 0 Å². The molecule has 0 radical (unpaired) electrons. The van der Waals surface area contributed by atoms with Gasteiger partial charge in [0, 0.05) is 14.2 Å². The van der Waals surface area contributed by atoms with E-state index < -0.39 is 17.8 Å². The molecule has 0 bridgehead atoms. The van der Waals surface area contributed by atoms with Crippen LogP contribution in [0.3, 0.4) is 0 Å². The van der Waals surface area contributed by atoms with E-state index in [0.29, 0.717) is 6.54 Å². The number of carboxylic acid groups (broad SMARTS) is 2. The van der Waals surface area contributed by atoms with E-state index in [9.17, 15) is 0 Å². The number of aliphatic carboxylic acids is 2. The zero-order valence-electron chi connectivity index (χ0n) is 7.63. The molecule has 8 nitrogen and oxygen atoms in total. The summed E-state index contributed by atoms with van der Waals surface area (Å²) in [6, 6.07) is 0. The summed E-state index contributed by atoms with van der Waals surface area (Å²) in [4.78, 5) is 18.2. The second kappa shape index (κ2) is 4.86. The van der Waals surface area contributed by atoms with Crippen molar-refractivity contribution < 1.29 is 34.5 Å². The molecule has 0 aromatic heterocycles. The smallest absolute Gasteiger partial charge is 0.414 e. The summed E-state index contributed by atoms with van der Waals surface area (Å²) in [5, 5.41) is 24.4. The number of hydrogen-bond acceptors (Lipinski definition) is 6. The summed E-state index contributed by atoms with van der Waals surface area (Å²) in [6.07, 6.45) is 0. The number of hydroxylamine groups is 2. The molecule has 1 saturated heterocycles. The number of ether oxygens (including phenoxy) is 2. The van der Waals surface area contributed by atoms with Crippen molar-refractivity contribution in [3.05, 3.63) is 0 Å². The summed E-state index contributed by atoms with van der Waals surface area (Å²) in [7, 11) is 2.97. The standard InChI is InChI=1S/C4H9NO3.C2H2O4/c1-7-4(8-2)3-5(4)6;3-1(4)2(5)6/h6H,3H2,1-2H3;(H,3,4)(H,5,6). The van der Waals surface area contributed by atoms with Gasteiger partial charge in [-0.25, -0.2) is 9.59 Å². The lowest BCUT2D eigenvalue weighted by atomic mass is 10.7. The van der Waals surface area contributed by atoms with Gasteiger partial charge in [0.15, 0.2) is 0 Å². The molecule has 1 rings (SSSR count). The van der Waals surface area contributed by atoms with E-state index in [4.69, 9.17) is 34.5 Å². The van der Waals surface area contributed by atoms with E-state index in [1.165, 1.54) is 14.2 Å². The molecule has 0 saturated carbocycles. The lowest BCUT2D eigenvalue weighted by Gasteiger charge is -2.08. The third-order valence-electron chi connectivity index (χ3n) is 1.46. The van der Waals surface area contributed by atoms with E-state index >= 15 is 0 Å². The largest absolute Gasteiger partial charge is 0.473 e. The summed E-state index contributed by atoms with van der Waals surface area (Å²) in [5.74, 6) is -4.47. The Kier molecular flexibility index (Phi) is 4.44. The zero-order valence-corrected chi connectivity index (χ0v) is 7.63. The average Bonchev–Trinajstić information content (AvgIpc) is 2.78. The highest BCUT2D eigenvalue weighted by Crippen LogP contribution is 2.30. The molecule has 0 aliphatic carbocycles. The van der Waals surface area contributed by atoms with Gasteiger partial charge in [-0.15, -0.1) is 5.06 Å². The third kappa shape index (κ3) is 3.26. The van der Waals surface area contributed by atoms with Crippen molar-refractivity contribution >= 4 is 11.9 Å². The number of methoxy groups -OCH3 is 2. The van der Waals surface area contributed by atoms with Crippen molar-refractivity contribution in [3.63, 3.8) is 0 Å². The first-order chi connectivity index (χ1) is 6.39. The molecule has 1 unspecified atom stereocenters. The van der Waals surface area contributed by atoms with Crippen LogP contribution in [0.4, 0.5) is 0 Å². The monoisotopic (exact) mass is 209 g/mol. The number of carbonyl (C=O) groups is 2. The Morgan fingerprint density at radius 2 is 1.50 bits per heavy atom. The Morgan fingerprint density at radius 3 is 1.50 bits per heavy atom. The average molecular weight is 209 g/mol. The SMILES string of the molecule is COC1(OC)CN1O.O=C(O)C(=O)O. The van der Waals surface area contributed by atoms with Crippen LogP contribution in [0.1, 0.15) is 0 Å². The second-order valence-electron chi connectivity index (χ2n) is 2.29. The maximum Gasteiger partial charge on any atom is 0.414 e. The highest BCUT2D eigenvalue weighted by Gasteiger charge is 2.54. The van der Waals surface area contributed by atoms with Crippen LogP contribution in [0.5, 0.6) is 0 Å². The van der Waals surface area contributed by atoms with Crippen LogP contribution in [0.25, 0.3) is 0 Å². The minimum Gasteiger partial charge on any atom is -0.473 e. The maximum atomic E-state index is 9.10. The van der Waals surface area contributed by atoms with Crippen molar-refractivity contribution in [3.8, 4) is 0 Å². The quantitative estimate of drug-likeness (QED) is 0.295. The van der Waals surface area contributed by atoms with Gasteiger partial charge in [0.1, 0.15) is 6.54 Å². The molecular formula is C6H11NO7. The first-order valence-electron chi connectivity index (χ1n) is 3.42. The number of carboxylic acids is 2. The van der Waals surface area contributed by atoms with E-state index in [1.54, 1.807) is 0 Å². The molecule has 0 aromatic carbocycles. The van der Waals surface area contributed by atoms with Crippen molar-refractivity contribution in [2.75, 3.05) is 20.8 Å². The lowest BCUT2D eigenvalue weighted by Crippen LogP contribution is -2.21. The molecule has 1 heterocycles. The molecule has 0 aromatic rings. The van der Waals surface area contributed by atoms with E-state index in [0.717, 1.165) is 5.06 Å². The summed E-state index contributed by atoms with van der Waals surface area (Å²) < 4.78 is 9.53. The van der Waals surface area contributed by atoms with E-state index in [1.807, 2.05) is 0 Å². The molecule has 1 aliphatic heterocycles. The predicted octanol–water partition coefficient (Wildman–Crippen LogP) is -1.21. The molecule has 1 atom stereocenters. The number of rotatable bonds is 2. The normalized spacial score (nSPS) is 21.8. The van der Waals surface area contributed by atoms with Gasteiger partial charge >= 0.3 is 11.9 Å². The molecule has 14 heavy (non-hydrogen) atoms. The first kappa shape index (κ1) is 12.8. The molecule has 0 amide bonds. The summed E-state index contributed by atoms with van der Waals surface area (Å²) in [5.41, 5.74) is 0. The van der Waals surface area contributed by atoms with E-state index in [2.05, 4.69) is 0 Å². The summed E-state index contributed by atoms with van der Waals surface area (Å²) in [6.45, 7) is 0.431. The zero-order chi connectivity index (χ0) is 11.4. The Labute approximate surface area is 79.2 Å². The Hall–Kier alpha value is -1.22. The minimum atomic E-state index is -1.82. The molecule has 82 valence electrons. The van der Waals surface area contributed by atoms with Crippen LogP contribution in [0.2, 0.25) is 0 Å². The van der Waals surface area contributed by atoms with Crippen LogP contribution in [-0.2, 0) is 19.1 Å². The fraction of sp³-hybridized carbons (Fsp3) is 0.667. The highest BCUT2D eigenvalue weighted by atomic mass is 16.8. The van der Waals surface area contributed by atoms with Crippen LogP contribution < -0.4 is 0 Å². The number of nitrogens with zero attached hydrogens (tertiary/aromatic N) is 1. The molecular weight excluding hydrogens is 198 g/mol. The predicted molar refractivity (Wildman–Crippen MR) is 40.5 cm³/mol. The van der Waals surface area contributed by atoms with Crippen molar-refractivity contribution in [1.82, 2.24) is 5.06 Å². The minimum absolute atomic E-state index is 0.431. The molecule has 1 aliphatic rings. The molecule has 0 spiro atoms. The van der Waals surface area contributed by atoms with Crippen molar-refractivity contribution in [1.29, 1.82) is 0 Å². The van der Waals surface area contributed by atoms with Crippen LogP contribution >= 0.6 is 0 Å². The third-order valence-corrected chi connectivity index (χ3v) is 1.46. The maximum absolute atomic E-state index is 9.10. The summed E-state index contributed by atoms with van der Waals surface area (Å²) >= 11 is 0. The molecule has 1 fully saturated rings. The topological polar surface area (TPSA) is 116 Å². The first-order valence-corrected chi connectivity index (χ1v) is 3.42. The van der Waals surface area contributed by atoms with Gasteiger partial charge in [0.05, 0.1) is 0 Å². The van der Waals surface area contributed by atoms with Gasteiger partial charge in [-0.05, 0) is 0 Å². The Morgan fingerprint density at radius 1 is 1.21 bits per heavy atom. The Bertz CT molecular complexity index is 207. The van der Waals surface area contributed by atoms with Gasteiger partial charge < -0.3 is 24.9 Å². The molecule has 3 N–H and O–H groups in total. The van der Waals surface area contributed by atoms with Gasteiger partial charge in [-0.3, -0.25) is 0 Å². The molecule has 8 heteroatoms. The van der Waals surface area contributed by atoms with Gasteiger partial charge in [-0.2, -0.15) is 0 Å². The van der Waals surface area contributed by atoms with Gasteiger partial charge in [0.25, 0.3) is 5.91 Å². The number of hydrogen-bond donors (Lipinski definition) is 3. The van der Waals surface area contributed by atoms with Crippen molar-refractivity contribution in [2.45, 2.75) is 5.91 Å². The fourth-order valence-corrected chi connectivity index (χ4v) is 0.577. The fourth-order valence-electron chi connectivity index (χ4n) is 0.577. The van der Waals surface area contributed by atoms with Crippen LogP contribution in [0.15, 0.2) is 0 Å². The second-order valence-corrected chi connectivity index (χ2v) is 2.29. The van der Waals surface area contributed by atoms with Crippen LogP contribution in [-0.4, -0.2) is 59.1 Å². The van der Waals surface area contributed by atoms with Crippen LogP contribution in [0, 0.1) is 0 Å². The van der Waals surface area contributed by atoms with Crippen molar-refractivity contribution in [2.24, 2.45) is 0 Å². The van der Waals surface area contributed by atoms with Gasteiger partial charge in [-0.1, -0.05) is 0 Å². The Balaban J connectivity index is 0.000000255. The lowest BCUT2D eigenvalue weighted by molar-refractivity contribution is -0.225.